The summed E-state index contributed by atoms with van der Waals surface area (Å²) >= 11 is 5.73. The second-order valence-electron chi connectivity index (χ2n) is 4.43. The third kappa shape index (κ3) is 3.31. The van der Waals surface area contributed by atoms with Crippen LogP contribution in [0.2, 0.25) is 0 Å². The molecule has 0 amide bonds. The Morgan fingerprint density at radius 2 is 1.90 bits per heavy atom. The smallest absolute Gasteiger partial charge is 0.293 e. The number of nitrogens with zero attached hydrogens (tertiary/aromatic N) is 2. The average molecular weight is 309 g/mol. The summed E-state index contributed by atoms with van der Waals surface area (Å²) in [5.74, 6) is -0.133. The van der Waals surface area contributed by atoms with Crippen molar-refractivity contribution < 1.29 is 9.31 Å². The topological polar surface area (TPSA) is 46.4 Å². The van der Waals surface area contributed by atoms with Crippen molar-refractivity contribution in [2.45, 2.75) is 12.8 Å². The van der Waals surface area contributed by atoms with Gasteiger partial charge in [-0.2, -0.15) is 0 Å². The maximum absolute atomic E-state index is 13.0. The first-order valence-corrected chi connectivity index (χ1v) is 6.96. The SMILES string of the molecule is CCN(c1ccc(F)cc1)c1ccc(CCl)cc1[N+](=O)[O-]. The van der Waals surface area contributed by atoms with Crippen molar-refractivity contribution in [1.82, 2.24) is 0 Å². The molecule has 0 aliphatic heterocycles. The molecule has 0 aliphatic carbocycles. The zero-order chi connectivity index (χ0) is 15.4. The van der Waals surface area contributed by atoms with Crippen LogP contribution in [0.5, 0.6) is 0 Å². The fourth-order valence-corrected chi connectivity index (χ4v) is 2.31. The summed E-state index contributed by atoms with van der Waals surface area (Å²) in [6, 6.07) is 10.7. The lowest BCUT2D eigenvalue weighted by Gasteiger charge is -2.23. The van der Waals surface area contributed by atoms with Gasteiger partial charge in [-0.05, 0) is 42.8 Å². The number of anilines is 2. The molecule has 0 radical (unpaired) electrons. The van der Waals surface area contributed by atoms with Gasteiger partial charge in [-0.25, -0.2) is 4.39 Å². The van der Waals surface area contributed by atoms with Crippen LogP contribution in [-0.4, -0.2) is 11.5 Å². The highest BCUT2D eigenvalue weighted by molar-refractivity contribution is 6.17. The van der Waals surface area contributed by atoms with E-state index in [0.717, 1.165) is 0 Å². The number of hydrogen-bond donors (Lipinski definition) is 0. The molecule has 0 saturated heterocycles. The predicted molar refractivity (Wildman–Crippen MR) is 81.7 cm³/mol. The van der Waals surface area contributed by atoms with Crippen LogP contribution >= 0.6 is 11.6 Å². The van der Waals surface area contributed by atoms with Gasteiger partial charge in [-0.1, -0.05) is 6.07 Å². The summed E-state index contributed by atoms with van der Waals surface area (Å²) in [6.07, 6.45) is 0. The number of alkyl halides is 1. The van der Waals surface area contributed by atoms with E-state index in [4.69, 9.17) is 11.6 Å². The molecule has 0 aliphatic rings. The van der Waals surface area contributed by atoms with Gasteiger partial charge >= 0.3 is 0 Å². The van der Waals surface area contributed by atoms with Crippen LogP contribution in [0.25, 0.3) is 0 Å². The maximum atomic E-state index is 13.0. The van der Waals surface area contributed by atoms with Crippen LogP contribution in [0.1, 0.15) is 12.5 Å². The Labute approximate surface area is 126 Å². The van der Waals surface area contributed by atoms with Crippen LogP contribution < -0.4 is 4.90 Å². The molecule has 0 fully saturated rings. The quantitative estimate of drug-likeness (QED) is 0.459. The van der Waals surface area contributed by atoms with E-state index in [9.17, 15) is 14.5 Å². The van der Waals surface area contributed by atoms with E-state index in [0.29, 0.717) is 23.5 Å². The van der Waals surface area contributed by atoms with Gasteiger partial charge in [0.05, 0.1) is 4.92 Å². The first kappa shape index (κ1) is 15.3. The average Bonchev–Trinajstić information content (AvgIpc) is 2.50. The standard InChI is InChI=1S/C15H14ClFN2O2/c1-2-18(13-6-4-12(17)5-7-13)14-8-3-11(10-16)9-15(14)19(20)21/h3-9H,2,10H2,1H3. The van der Waals surface area contributed by atoms with E-state index < -0.39 is 4.92 Å². The number of halogens is 2. The second-order valence-corrected chi connectivity index (χ2v) is 4.70. The summed E-state index contributed by atoms with van der Waals surface area (Å²) in [7, 11) is 0. The molecule has 21 heavy (non-hydrogen) atoms. The molecule has 0 N–H and O–H groups in total. The molecular formula is C15H14ClFN2O2. The number of nitro groups is 1. The lowest BCUT2D eigenvalue weighted by atomic mass is 10.1. The van der Waals surface area contributed by atoms with Gasteiger partial charge in [-0.3, -0.25) is 10.1 Å². The molecule has 0 spiro atoms. The summed E-state index contributed by atoms with van der Waals surface area (Å²) in [5.41, 5.74) is 1.82. The van der Waals surface area contributed by atoms with Crippen LogP contribution in [0.3, 0.4) is 0 Å². The highest BCUT2D eigenvalue weighted by Gasteiger charge is 2.20. The van der Waals surface area contributed by atoms with E-state index in [1.165, 1.54) is 18.2 Å². The third-order valence-corrected chi connectivity index (χ3v) is 3.44. The molecule has 4 nitrogen and oxygen atoms in total. The Hall–Kier alpha value is -2.14. The van der Waals surface area contributed by atoms with Gasteiger partial charge in [-0.15, -0.1) is 11.6 Å². The summed E-state index contributed by atoms with van der Waals surface area (Å²) < 4.78 is 13.0. The van der Waals surface area contributed by atoms with E-state index >= 15 is 0 Å². The maximum Gasteiger partial charge on any atom is 0.293 e. The van der Waals surface area contributed by atoms with E-state index in [2.05, 4.69) is 0 Å². The van der Waals surface area contributed by atoms with Crippen molar-refractivity contribution in [2.75, 3.05) is 11.4 Å². The minimum absolute atomic E-state index is 0.0145. The normalized spacial score (nSPS) is 10.4. The zero-order valence-corrected chi connectivity index (χ0v) is 12.2. The lowest BCUT2D eigenvalue weighted by molar-refractivity contribution is -0.384. The van der Waals surface area contributed by atoms with Crippen molar-refractivity contribution in [1.29, 1.82) is 0 Å². The Kier molecular flexibility index (Phi) is 4.75. The molecule has 0 bridgehead atoms. The molecule has 6 heteroatoms. The van der Waals surface area contributed by atoms with Crippen LogP contribution in [0.4, 0.5) is 21.5 Å². The van der Waals surface area contributed by atoms with E-state index in [1.807, 2.05) is 6.92 Å². The number of benzene rings is 2. The summed E-state index contributed by atoms with van der Waals surface area (Å²) in [4.78, 5) is 12.6. The highest BCUT2D eigenvalue weighted by atomic mass is 35.5. The van der Waals surface area contributed by atoms with Crippen LogP contribution in [0, 0.1) is 15.9 Å². The molecule has 2 aromatic carbocycles. The fourth-order valence-electron chi connectivity index (χ4n) is 2.14. The number of nitro benzene ring substituents is 1. The Bertz CT molecular complexity index is 647. The van der Waals surface area contributed by atoms with Crippen molar-refractivity contribution in [2.24, 2.45) is 0 Å². The molecule has 0 atom stereocenters. The molecular weight excluding hydrogens is 295 g/mol. The molecule has 110 valence electrons. The Balaban J connectivity index is 2.51. The highest BCUT2D eigenvalue weighted by Crippen LogP contribution is 2.34. The van der Waals surface area contributed by atoms with Gasteiger partial charge in [0.25, 0.3) is 5.69 Å². The fraction of sp³-hybridized carbons (Fsp3) is 0.200. The van der Waals surface area contributed by atoms with Crippen LogP contribution in [0.15, 0.2) is 42.5 Å². The Morgan fingerprint density at radius 1 is 1.24 bits per heavy atom. The Morgan fingerprint density at radius 3 is 2.43 bits per heavy atom. The van der Waals surface area contributed by atoms with Gasteiger partial charge in [0, 0.05) is 24.2 Å². The van der Waals surface area contributed by atoms with E-state index in [-0.39, 0.29) is 17.4 Å². The minimum atomic E-state index is -0.433. The van der Waals surface area contributed by atoms with Crippen molar-refractivity contribution >= 4 is 28.7 Å². The number of hydrogen-bond acceptors (Lipinski definition) is 3. The molecule has 0 saturated carbocycles. The summed E-state index contributed by atoms with van der Waals surface area (Å²) in [5, 5.41) is 11.3. The van der Waals surface area contributed by atoms with Crippen molar-refractivity contribution in [3.05, 3.63) is 64.0 Å². The molecule has 2 rings (SSSR count). The zero-order valence-electron chi connectivity index (χ0n) is 11.4. The van der Waals surface area contributed by atoms with Gasteiger partial charge in [0.1, 0.15) is 11.5 Å². The molecule has 2 aromatic rings. The summed E-state index contributed by atoms with van der Waals surface area (Å²) in [6.45, 7) is 2.40. The lowest BCUT2D eigenvalue weighted by Crippen LogP contribution is -2.17. The van der Waals surface area contributed by atoms with Gasteiger partial charge in [0.15, 0.2) is 0 Å². The third-order valence-electron chi connectivity index (χ3n) is 3.14. The van der Waals surface area contributed by atoms with Crippen molar-refractivity contribution in [3.8, 4) is 0 Å². The monoisotopic (exact) mass is 308 g/mol. The first-order chi connectivity index (χ1) is 10.1. The molecule has 0 heterocycles. The predicted octanol–water partition coefficient (Wildman–Crippen LogP) is 4.63. The van der Waals surface area contributed by atoms with Gasteiger partial charge < -0.3 is 4.90 Å². The van der Waals surface area contributed by atoms with Gasteiger partial charge in [0.2, 0.25) is 0 Å². The first-order valence-electron chi connectivity index (χ1n) is 6.43. The van der Waals surface area contributed by atoms with Crippen LogP contribution in [-0.2, 0) is 5.88 Å². The number of rotatable bonds is 5. The largest absolute Gasteiger partial charge is 0.336 e. The molecule has 0 aromatic heterocycles. The van der Waals surface area contributed by atoms with Crippen molar-refractivity contribution in [3.63, 3.8) is 0 Å². The van der Waals surface area contributed by atoms with E-state index in [1.54, 1.807) is 29.2 Å². The minimum Gasteiger partial charge on any atom is -0.336 e. The molecule has 0 unspecified atom stereocenters. The second kappa shape index (κ2) is 6.54.